The van der Waals surface area contributed by atoms with Crippen molar-refractivity contribution in [2.75, 3.05) is 11.1 Å². The van der Waals surface area contributed by atoms with Crippen LogP contribution in [0.25, 0.3) is 0 Å². The first-order valence-corrected chi connectivity index (χ1v) is 14.4. The number of para-hydroxylation sites is 2. The molecule has 0 heterocycles. The molecule has 0 saturated carbocycles. The predicted octanol–water partition coefficient (Wildman–Crippen LogP) is 6.51. The fourth-order valence-corrected chi connectivity index (χ4v) is 4.76. The van der Waals surface area contributed by atoms with Gasteiger partial charge in [-0.1, -0.05) is 55.8 Å². The van der Waals surface area contributed by atoms with E-state index in [0.717, 1.165) is 12.0 Å². The number of phenols is 1. The van der Waals surface area contributed by atoms with Crippen LogP contribution < -0.4 is 10.6 Å². The number of phenolic OH excluding ortho intramolecular Hbond substituents is 1. The Labute approximate surface area is 248 Å². The number of hydrogen-bond acceptors (Lipinski definition) is 6. The SMILES string of the molecule is Cc1cccc(Cl)c1NC(=O)C(c1ccccc1O)N(C(=O)C(CS)NC(=O)OC(C)(C)C)C(C)CCC(C)C. The maximum absolute atomic E-state index is 14.2. The van der Waals surface area contributed by atoms with Crippen molar-refractivity contribution in [3.05, 3.63) is 58.6 Å². The van der Waals surface area contributed by atoms with Gasteiger partial charge in [0.05, 0.1) is 10.7 Å². The molecule has 0 aliphatic carbocycles. The van der Waals surface area contributed by atoms with Crippen molar-refractivity contribution in [1.29, 1.82) is 0 Å². The molecule has 0 radical (unpaired) electrons. The van der Waals surface area contributed by atoms with Gasteiger partial charge in [-0.2, -0.15) is 12.6 Å². The Morgan fingerprint density at radius 2 is 1.70 bits per heavy atom. The number of aryl methyl sites for hydroxylation is 1. The standard InChI is InChI=1S/C30H42ClN3O5S/c1-18(2)15-16-20(4)34(28(37)23(17-40)32-29(38)39-30(5,6)7)26(21-12-8-9-14-24(21)35)27(36)33-25-19(3)11-10-13-22(25)31/h8-14,18,20,23,26,35,40H,15-17H2,1-7H3,(H,32,38)(H,33,36). The van der Waals surface area contributed by atoms with Crippen molar-refractivity contribution in [1.82, 2.24) is 10.2 Å². The summed E-state index contributed by atoms with van der Waals surface area (Å²) < 4.78 is 5.37. The second-order valence-electron chi connectivity index (χ2n) is 11.3. The lowest BCUT2D eigenvalue weighted by Crippen LogP contribution is -2.55. The minimum atomic E-state index is -1.24. The fourth-order valence-electron chi connectivity index (χ4n) is 4.25. The number of benzene rings is 2. The van der Waals surface area contributed by atoms with Crippen LogP contribution in [0.2, 0.25) is 5.02 Å². The van der Waals surface area contributed by atoms with E-state index >= 15 is 0 Å². The minimum Gasteiger partial charge on any atom is -0.508 e. The number of rotatable bonds is 11. The second kappa shape index (κ2) is 14.6. The van der Waals surface area contributed by atoms with Gasteiger partial charge < -0.3 is 25.4 Å². The molecule has 2 aromatic rings. The molecule has 2 rings (SSSR count). The topological polar surface area (TPSA) is 108 Å². The van der Waals surface area contributed by atoms with E-state index in [1.54, 1.807) is 51.1 Å². The summed E-state index contributed by atoms with van der Waals surface area (Å²) in [7, 11) is 0. The molecule has 8 nitrogen and oxygen atoms in total. The zero-order chi connectivity index (χ0) is 30.2. The van der Waals surface area contributed by atoms with Crippen LogP contribution in [0, 0.1) is 12.8 Å². The summed E-state index contributed by atoms with van der Waals surface area (Å²) in [4.78, 5) is 42.3. The van der Waals surface area contributed by atoms with Gasteiger partial charge in [0.2, 0.25) is 5.91 Å². The smallest absolute Gasteiger partial charge is 0.408 e. The van der Waals surface area contributed by atoms with Crippen molar-refractivity contribution in [3.8, 4) is 5.75 Å². The summed E-state index contributed by atoms with van der Waals surface area (Å²) in [5, 5.41) is 16.7. The van der Waals surface area contributed by atoms with Crippen LogP contribution in [0.5, 0.6) is 5.75 Å². The summed E-state index contributed by atoms with van der Waals surface area (Å²) in [5.74, 6) is -0.920. The van der Waals surface area contributed by atoms with Crippen LogP contribution in [0.15, 0.2) is 42.5 Å². The number of alkyl carbamates (subject to hydrolysis) is 1. The van der Waals surface area contributed by atoms with Gasteiger partial charge in [-0.25, -0.2) is 4.79 Å². The zero-order valence-corrected chi connectivity index (χ0v) is 26.0. The van der Waals surface area contributed by atoms with Crippen molar-refractivity contribution >= 4 is 47.8 Å². The van der Waals surface area contributed by atoms with Crippen LogP contribution >= 0.6 is 24.2 Å². The van der Waals surface area contributed by atoms with E-state index in [2.05, 4.69) is 37.1 Å². The van der Waals surface area contributed by atoms with Gasteiger partial charge >= 0.3 is 6.09 Å². The molecule has 3 unspecified atom stereocenters. The molecule has 0 bridgehead atoms. The number of nitrogens with zero attached hydrogens (tertiary/aromatic N) is 1. The van der Waals surface area contributed by atoms with Crippen LogP contribution in [0.4, 0.5) is 10.5 Å². The molecule has 3 amide bonds. The monoisotopic (exact) mass is 591 g/mol. The first-order valence-electron chi connectivity index (χ1n) is 13.4. The molecular formula is C30H42ClN3O5S. The van der Waals surface area contributed by atoms with Crippen molar-refractivity contribution in [2.45, 2.75) is 85.0 Å². The van der Waals surface area contributed by atoms with Crippen LogP contribution in [-0.2, 0) is 14.3 Å². The second-order valence-corrected chi connectivity index (χ2v) is 12.1. The molecule has 40 heavy (non-hydrogen) atoms. The Balaban J connectivity index is 2.62. The molecule has 0 aromatic heterocycles. The number of halogens is 1. The lowest BCUT2D eigenvalue weighted by molar-refractivity contribution is -0.143. The summed E-state index contributed by atoms with van der Waals surface area (Å²) in [6, 6.07) is 8.86. The Morgan fingerprint density at radius 3 is 2.25 bits per heavy atom. The average molecular weight is 592 g/mol. The quantitative estimate of drug-likeness (QED) is 0.223. The van der Waals surface area contributed by atoms with Crippen LogP contribution in [0.1, 0.15) is 71.6 Å². The Hall–Kier alpha value is -2.91. The Kier molecular flexibility index (Phi) is 12.2. The number of amides is 3. The van der Waals surface area contributed by atoms with Crippen LogP contribution in [0.3, 0.4) is 0 Å². The highest BCUT2D eigenvalue weighted by atomic mass is 35.5. The van der Waals surface area contributed by atoms with Gasteiger partial charge in [0.15, 0.2) is 0 Å². The lowest BCUT2D eigenvalue weighted by atomic mass is 9.96. The van der Waals surface area contributed by atoms with Gasteiger partial charge in [0.1, 0.15) is 23.4 Å². The molecule has 0 fully saturated rings. The van der Waals surface area contributed by atoms with E-state index in [4.69, 9.17) is 16.3 Å². The molecule has 0 spiro atoms. The molecule has 0 aliphatic heterocycles. The van der Waals surface area contributed by atoms with E-state index in [9.17, 15) is 19.5 Å². The molecule has 3 N–H and O–H groups in total. The third kappa shape index (κ3) is 9.34. The third-order valence-corrected chi connectivity index (χ3v) is 6.97. The number of nitrogens with one attached hydrogen (secondary N) is 2. The minimum absolute atomic E-state index is 0.0375. The van der Waals surface area contributed by atoms with E-state index in [1.165, 1.54) is 11.0 Å². The fraction of sp³-hybridized carbons (Fsp3) is 0.500. The Morgan fingerprint density at radius 1 is 1.05 bits per heavy atom. The molecule has 3 atom stereocenters. The van der Waals surface area contributed by atoms with Gasteiger partial charge in [0.25, 0.3) is 5.91 Å². The maximum atomic E-state index is 14.2. The molecule has 10 heteroatoms. The summed E-state index contributed by atoms with van der Waals surface area (Å²) in [5.41, 5.74) is 0.616. The number of ether oxygens (including phenoxy) is 1. The summed E-state index contributed by atoms with van der Waals surface area (Å²) in [6.45, 7) is 13.0. The highest BCUT2D eigenvalue weighted by Crippen LogP contribution is 2.35. The number of hydrogen-bond donors (Lipinski definition) is 4. The number of carbonyl (C=O) groups excluding carboxylic acids is 3. The van der Waals surface area contributed by atoms with E-state index in [0.29, 0.717) is 23.0 Å². The first-order chi connectivity index (χ1) is 18.7. The first kappa shape index (κ1) is 33.3. The Bertz CT molecular complexity index is 1160. The number of anilines is 1. The third-order valence-electron chi connectivity index (χ3n) is 6.29. The van der Waals surface area contributed by atoms with Gasteiger partial charge in [-0.3, -0.25) is 9.59 Å². The highest BCUT2D eigenvalue weighted by Gasteiger charge is 2.39. The molecular weight excluding hydrogens is 550 g/mol. The molecule has 0 saturated heterocycles. The van der Waals surface area contributed by atoms with Crippen molar-refractivity contribution in [3.63, 3.8) is 0 Å². The molecule has 220 valence electrons. The summed E-state index contributed by atoms with van der Waals surface area (Å²) >= 11 is 10.8. The number of aromatic hydroxyl groups is 1. The average Bonchev–Trinajstić information content (AvgIpc) is 2.85. The van der Waals surface area contributed by atoms with Crippen molar-refractivity contribution < 1.29 is 24.2 Å². The van der Waals surface area contributed by atoms with Gasteiger partial charge in [-0.15, -0.1) is 0 Å². The van der Waals surface area contributed by atoms with E-state index < -0.39 is 41.6 Å². The number of thiol groups is 1. The molecule has 2 aromatic carbocycles. The highest BCUT2D eigenvalue weighted by molar-refractivity contribution is 7.80. The summed E-state index contributed by atoms with van der Waals surface area (Å²) in [6.07, 6.45) is 0.594. The molecule has 0 aliphatic rings. The largest absolute Gasteiger partial charge is 0.508 e. The zero-order valence-electron chi connectivity index (χ0n) is 24.3. The van der Waals surface area contributed by atoms with Gasteiger partial charge in [0, 0.05) is 17.4 Å². The van der Waals surface area contributed by atoms with E-state index in [1.807, 2.05) is 19.9 Å². The van der Waals surface area contributed by atoms with Crippen molar-refractivity contribution in [2.24, 2.45) is 5.92 Å². The maximum Gasteiger partial charge on any atom is 0.408 e. The van der Waals surface area contributed by atoms with Crippen LogP contribution in [-0.4, -0.2) is 51.4 Å². The number of carbonyl (C=O) groups is 3. The van der Waals surface area contributed by atoms with Gasteiger partial charge in [-0.05, 0) is 71.1 Å². The van der Waals surface area contributed by atoms with E-state index in [-0.39, 0.29) is 17.1 Å². The lowest BCUT2D eigenvalue weighted by Gasteiger charge is -2.38. The normalized spacial score (nSPS) is 13.8. The predicted molar refractivity (Wildman–Crippen MR) is 163 cm³/mol.